The fraction of sp³-hybridized carbons (Fsp3) is 0.211. The molecule has 1 aromatic heterocycles. The van der Waals surface area contributed by atoms with Crippen molar-refractivity contribution in [2.75, 3.05) is 21.3 Å². The van der Waals surface area contributed by atoms with E-state index < -0.39 is 0 Å². The number of nitrogens with zero attached hydrogens (tertiary/aromatic N) is 3. The monoisotopic (exact) mass is 384 g/mol. The molecule has 0 fully saturated rings. The smallest absolute Gasteiger partial charge is 0.216 e. The summed E-state index contributed by atoms with van der Waals surface area (Å²) in [7, 11) is 4.70. The van der Waals surface area contributed by atoms with Crippen molar-refractivity contribution < 1.29 is 14.2 Å². The van der Waals surface area contributed by atoms with Crippen LogP contribution in [0.15, 0.2) is 41.5 Å². The second kappa shape index (κ2) is 8.05. The zero-order chi connectivity index (χ0) is 19.4. The van der Waals surface area contributed by atoms with E-state index in [-0.39, 0.29) is 0 Å². The first kappa shape index (κ1) is 18.7. The Morgan fingerprint density at radius 3 is 2.52 bits per heavy atom. The first-order chi connectivity index (χ1) is 13.1. The highest BCUT2D eigenvalue weighted by atomic mass is 32.1. The van der Waals surface area contributed by atoms with E-state index in [4.69, 9.17) is 26.4 Å². The maximum Gasteiger partial charge on any atom is 0.216 e. The van der Waals surface area contributed by atoms with E-state index in [0.29, 0.717) is 33.4 Å². The first-order valence-electron chi connectivity index (χ1n) is 8.16. The topological polar surface area (TPSA) is 73.7 Å². The molecule has 140 valence electrons. The maximum atomic E-state index is 5.49. The van der Waals surface area contributed by atoms with Crippen LogP contribution in [0.2, 0.25) is 0 Å². The number of aromatic nitrogens is 3. The number of hydrogen-bond acceptors (Lipinski definition) is 6. The van der Waals surface area contributed by atoms with Gasteiger partial charge in [0.05, 0.1) is 27.5 Å². The molecular weight excluding hydrogens is 364 g/mol. The summed E-state index contributed by atoms with van der Waals surface area (Å²) in [5.74, 6) is 2.22. The molecule has 0 unspecified atom stereocenters. The lowest BCUT2D eigenvalue weighted by Crippen LogP contribution is -2.00. The Bertz CT molecular complexity index is 1040. The van der Waals surface area contributed by atoms with Crippen molar-refractivity contribution in [3.63, 3.8) is 0 Å². The lowest BCUT2D eigenvalue weighted by atomic mass is 10.1. The van der Waals surface area contributed by atoms with Crippen LogP contribution in [0.25, 0.3) is 11.4 Å². The minimum absolute atomic E-state index is 0.391. The average Bonchev–Trinajstić information content (AvgIpc) is 3.05. The minimum Gasteiger partial charge on any atom is -0.493 e. The number of ether oxygens (including phenoxy) is 3. The minimum atomic E-state index is 0.391. The molecular formula is C19H20N4O3S. The van der Waals surface area contributed by atoms with E-state index in [1.54, 1.807) is 38.3 Å². The molecule has 0 amide bonds. The molecule has 7 nitrogen and oxygen atoms in total. The summed E-state index contributed by atoms with van der Waals surface area (Å²) in [5.41, 5.74) is 2.76. The normalized spacial score (nSPS) is 11.0. The van der Waals surface area contributed by atoms with Gasteiger partial charge in [0.15, 0.2) is 17.3 Å². The summed E-state index contributed by atoms with van der Waals surface area (Å²) in [6.45, 7) is 2.02. The van der Waals surface area contributed by atoms with E-state index in [2.05, 4.69) is 15.3 Å². The summed E-state index contributed by atoms with van der Waals surface area (Å²) in [4.78, 5) is 0. The zero-order valence-electron chi connectivity index (χ0n) is 15.5. The van der Waals surface area contributed by atoms with Crippen LogP contribution in [0.4, 0.5) is 0 Å². The van der Waals surface area contributed by atoms with E-state index in [9.17, 15) is 0 Å². The number of H-pyrrole nitrogens is 1. The van der Waals surface area contributed by atoms with Crippen LogP contribution in [0, 0.1) is 11.7 Å². The van der Waals surface area contributed by atoms with Gasteiger partial charge in [0.25, 0.3) is 0 Å². The summed E-state index contributed by atoms with van der Waals surface area (Å²) >= 11 is 5.33. The number of hydrogen-bond donors (Lipinski definition) is 1. The van der Waals surface area contributed by atoms with Gasteiger partial charge in [-0.05, 0) is 37.3 Å². The van der Waals surface area contributed by atoms with Crippen molar-refractivity contribution in [3.05, 3.63) is 52.3 Å². The molecule has 2 aromatic carbocycles. The van der Waals surface area contributed by atoms with E-state index in [0.717, 1.165) is 11.1 Å². The molecule has 0 atom stereocenters. The predicted octanol–water partition coefficient (Wildman–Crippen LogP) is 3.82. The van der Waals surface area contributed by atoms with Crippen LogP contribution in [0.3, 0.4) is 0 Å². The molecule has 0 radical (unpaired) electrons. The summed E-state index contributed by atoms with van der Waals surface area (Å²) in [5, 5.41) is 11.6. The summed E-state index contributed by atoms with van der Waals surface area (Å²) in [6, 6.07) is 11.6. The fourth-order valence-corrected chi connectivity index (χ4v) is 2.90. The molecule has 0 saturated heterocycles. The molecule has 3 aromatic rings. The quantitative estimate of drug-likeness (QED) is 0.517. The number of aromatic amines is 1. The Labute approximate surface area is 162 Å². The van der Waals surface area contributed by atoms with E-state index >= 15 is 0 Å². The van der Waals surface area contributed by atoms with E-state index in [1.807, 2.05) is 37.3 Å². The van der Waals surface area contributed by atoms with Gasteiger partial charge in [0.2, 0.25) is 10.5 Å². The van der Waals surface area contributed by atoms with Gasteiger partial charge in [0, 0.05) is 11.1 Å². The van der Waals surface area contributed by atoms with Crippen LogP contribution >= 0.6 is 12.2 Å². The molecule has 1 N–H and O–H groups in total. The molecule has 0 aliphatic heterocycles. The van der Waals surface area contributed by atoms with Crippen molar-refractivity contribution in [3.8, 4) is 28.6 Å². The first-order valence-corrected chi connectivity index (χ1v) is 8.57. The Morgan fingerprint density at radius 1 is 1.07 bits per heavy atom. The molecule has 0 aliphatic rings. The number of aryl methyl sites for hydroxylation is 1. The van der Waals surface area contributed by atoms with Crippen LogP contribution in [0.1, 0.15) is 11.1 Å². The van der Waals surface area contributed by atoms with Gasteiger partial charge in [-0.15, -0.1) is 0 Å². The Balaban J connectivity index is 2.06. The lowest BCUT2D eigenvalue weighted by molar-refractivity contribution is 0.324. The fourth-order valence-electron chi connectivity index (χ4n) is 2.72. The average molecular weight is 384 g/mol. The molecule has 0 saturated carbocycles. The van der Waals surface area contributed by atoms with Gasteiger partial charge in [-0.3, -0.25) is 0 Å². The maximum absolute atomic E-state index is 5.49. The molecule has 27 heavy (non-hydrogen) atoms. The molecule has 3 rings (SSSR count). The lowest BCUT2D eigenvalue weighted by Gasteiger charge is -2.13. The van der Waals surface area contributed by atoms with Crippen molar-refractivity contribution in [1.82, 2.24) is 14.9 Å². The van der Waals surface area contributed by atoms with Gasteiger partial charge in [-0.25, -0.2) is 5.10 Å². The van der Waals surface area contributed by atoms with Crippen molar-refractivity contribution in [2.45, 2.75) is 6.92 Å². The second-order valence-electron chi connectivity index (χ2n) is 5.70. The van der Waals surface area contributed by atoms with Gasteiger partial charge in [-0.1, -0.05) is 23.8 Å². The van der Waals surface area contributed by atoms with Crippen LogP contribution in [-0.4, -0.2) is 42.4 Å². The third-order valence-corrected chi connectivity index (χ3v) is 4.24. The Kier molecular flexibility index (Phi) is 5.56. The zero-order valence-corrected chi connectivity index (χ0v) is 16.3. The molecule has 8 heteroatoms. The van der Waals surface area contributed by atoms with Crippen molar-refractivity contribution in [2.24, 2.45) is 5.10 Å². The SMILES string of the molecule is COc1ccc(C=Nn2c(-c3cccc(C)c3)n[nH]c2=S)c(OC)c1OC. The second-order valence-corrected chi connectivity index (χ2v) is 6.09. The highest BCUT2D eigenvalue weighted by molar-refractivity contribution is 7.71. The number of rotatable bonds is 6. The standard InChI is InChI=1S/C19H20N4O3S/c1-12-6-5-7-13(10-12)18-21-22-19(27)23(18)20-11-14-8-9-15(24-2)17(26-4)16(14)25-3/h5-11H,1-4H3,(H,22,27). The van der Waals surface area contributed by atoms with Crippen LogP contribution in [-0.2, 0) is 0 Å². The van der Waals surface area contributed by atoms with Gasteiger partial charge in [0.1, 0.15) is 0 Å². The highest BCUT2D eigenvalue weighted by Gasteiger charge is 2.15. The molecule has 0 bridgehead atoms. The number of benzene rings is 2. The van der Waals surface area contributed by atoms with E-state index in [1.165, 1.54) is 0 Å². The third-order valence-electron chi connectivity index (χ3n) is 3.97. The van der Waals surface area contributed by atoms with Crippen molar-refractivity contribution >= 4 is 18.4 Å². The number of methoxy groups -OCH3 is 3. The largest absolute Gasteiger partial charge is 0.493 e. The Morgan fingerprint density at radius 2 is 1.85 bits per heavy atom. The highest BCUT2D eigenvalue weighted by Crippen LogP contribution is 2.39. The van der Waals surface area contributed by atoms with Crippen molar-refractivity contribution in [1.29, 1.82) is 0 Å². The Hall–Kier alpha value is -3.13. The molecule has 1 heterocycles. The molecule has 0 aliphatic carbocycles. The van der Waals surface area contributed by atoms with Gasteiger partial charge < -0.3 is 14.2 Å². The predicted molar refractivity (Wildman–Crippen MR) is 107 cm³/mol. The number of nitrogens with one attached hydrogen (secondary N) is 1. The van der Waals surface area contributed by atoms with Gasteiger partial charge in [-0.2, -0.15) is 14.9 Å². The third kappa shape index (κ3) is 3.70. The summed E-state index contributed by atoms with van der Waals surface area (Å²) in [6.07, 6.45) is 1.64. The molecule has 0 spiro atoms. The summed E-state index contributed by atoms with van der Waals surface area (Å²) < 4.78 is 18.2. The van der Waals surface area contributed by atoms with Gasteiger partial charge >= 0.3 is 0 Å². The van der Waals surface area contributed by atoms with Crippen LogP contribution < -0.4 is 14.2 Å². The van der Waals surface area contributed by atoms with Crippen LogP contribution in [0.5, 0.6) is 17.2 Å².